The van der Waals surface area contributed by atoms with Gasteiger partial charge in [-0.2, -0.15) is 0 Å². The molecule has 2 aromatic carbocycles. The second-order valence-corrected chi connectivity index (χ2v) is 7.34. The fourth-order valence-corrected chi connectivity index (χ4v) is 3.30. The number of hydrogen-bond donors (Lipinski definition) is 2. The van der Waals surface area contributed by atoms with Crippen LogP contribution in [0.2, 0.25) is 10.0 Å². The van der Waals surface area contributed by atoms with E-state index in [-0.39, 0.29) is 15.6 Å². The summed E-state index contributed by atoms with van der Waals surface area (Å²) >= 11 is 11.9. The Balaban J connectivity index is 1.62. The Morgan fingerprint density at radius 3 is 2.59 bits per heavy atom. The van der Waals surface area contributed by atoms with Gasteiger partial charge in [-0.05, 0) is 37.3 Å². The number of benzene rings is 2. The second-order valence-electron chi connectivity index (χ2n) is 6.55. The van der Waals surface area contributed by atoms with Gasteiger partial charge < -0.3 is 20.3 Å². The highest BCUT2D eigenvalue weighted by atomic mass is 35.5. The van der Waals surface area contributed by atoms with Gasteiger partial charge in [0.2, 0.25) is 5.91 Å². The quantitative estimate of drug-likeness (QED) is 0.744. The van der Waals surface area contributed by atoms with Crippen molar-refractivity contribution >= 4 is 46.4 Å². The van der Waals surface area contributed by atoms with E-state index in [0.717, 1.165) is 0 Å². The van der Waals surface area contributed by atoms with E-state index < -0.39 is 23.7 Å². The number of nitrogens with zero attached hydrogens (tertiary/aromatic N) is 1. The van der Waals surface area contributed by atoms with Crippen LogP contribution in [0.5, 0.6) is 0 Å². The molecule has 1 atom stereocenters. The molecule has 2 N–H and O–H groups in total. The lowest BCUT2D eigenvalue weighted by atomic mass is 10.2. The number of amides is 2. The van der Waals surface area contributed by atoms with Crippen molar-refractivity contribution in [2.75, 3.05) is 36.5 Å². The van der Waals surface area contributed by atoms with E-state index in [1.807, 2.05) is 4.90 Å². The monoisotopic (exact) mass is 439 g/mol. The highest BCUT2D eigenvalue weighted by molar-refractivity contribution is 6.43. The van der Waals surface area contributed by atoms with Crippen LogP contribution in [0.3, 0.4) is 0 Å². The lowest BCUT2D eigenvalue weighted by Gasteiger charge is -2.29. The number of hydrogen-bond acceptors (Lipinski definition) is 4. The van der Waals surface area contributed by atoms with Gasteiger partial charge in [0.25, 0.3) is 5.91 Å². The highest BCUT2D eigenvalue weighted by Crippen LogP contribution is 2.26. The molecule has 2 aromatic rings. The van der Waals surface area contributed by atoms with E-state index in [1.165, 1.54) is 19.1 Å². The van der Waals surface area contributed by atoms with Crippen LogP contribution < -0.4 is 15.5 Å². The predicted octanol–water partition coefficient (Wildman–Crippen LogP) is 3.73. The van der Waals surface area contributed by atoms with Crippen LogP contribution in [0, 0.1) is 5.82 Å². The maximum absolute atomic E-state index is 14.5. The van der Waals surface area contributed by atoms with Crippen molar-refractivity contribution in [2.24, 2.45) is 0 Å². The third-order valence-electron chi connectivity index (χ3n) is 4.50. The van der Waals surface area contributed by atoms with Gasteiger partial charge in [-0.3, -0.25) is 9.59 Å². The molecular formula is C20H20Cl2FN3O3. The van der Waals surface area contributed by atoms with Gasteiger partial charge in [0, 0.05) is 18.8 Å². The van der Waals surface area contributed by atoms with Crippen molar-refractivity contribution in [3.63, 3.8) is 0 Å². The third kappa shape index (κ3) is 5.18. The van der Waals surface area contributed by atoms with Gasteiger partial charge in [-0.1, -0.05) is 29.3 Å². The number of carbonyl (C=O) groups is 2. The first-order chi connectivity index (χ1) is 13.9. The molecule has 0 aromatic heterocycles. The van der Waals surface area contributed by atoms with Gasteiger partial charge in [0.1, 0.15) is 11.9 Å². The number of ether oxygens (including phenoxy) is 1. The lowest BCUT2D eigenvalue weighted by molar-refractivity contribution is -0.117. The molecule has 0 radical (unpaired) electrons. The normalized spacial score (nSPS) is 15.0. The van der Waals surface area contributed by atoms with Crippen molar-refractivity contribution in [1.29, 1.82) is 0 Å². The summed E-state index contributed by atoms with van der Waals surface area (Å²) in [5.41, 5.74) is 0.925. The molecule has 29 heavy (non-hydrogen) atoms. The number of rotatable bonds is 5. The minimum absolute atomic E-state index is 0.111. The average Bonchev–Trinajstić information content (AvgIpc) is 2.70. The molecule has 0 bridgehead atoms. The SMILES string of the molecule is CC(NC(=O)c1cccc(Cl)c1Cl)C(=O)Nc1ccc(N2CCOCC2)c(F)c1. The second kappa shape index (κ2) is 9.43. The Bertz CT molecular complexity index is 920. The average molecular weight is 440 g/mol. The summed E-state index contributed by atoms with van der Waals surface area (Å²) in [7, 11) is 0. The van der Waals surface area contributed by atoms with Crippen LogP contribution in [0.15, 0.2) is 36.4 Å². The van der Waals surface area contributed by atoms with Gasteiger partial charge >= 0.3 is 0 Å². The molecular weight excluding hydrogens is 420 g/mol. The van der Waals surface area contributed by atoms with Crippen molar-refractivity contribution < 1.29 is 18.7 Å². The van der Waals surface area contributed by atoms with Crippen LogP contribution >= 0.6 is 23.2 Å². The van der Waals surface area contributed by atoms with Crippen LogP contribution in [0.25, 0.3) is 0 Å². The number of morpholine rings is 1. The molecule has 1 fully saturated rings. The molecule has 9 heteroatoms. The summed E-state index contributed by atoms with van der Waals surface area (Å²) in [6.07, 6.45) is 0. The first kappa shape index (κ1) is 21.4. The molecule has 6 nitrogen and oxygen atoms in total. The van der Waals surface area contributed by atoms with E-state index in [0.29, 0.717) is 37.7 Å². The Morgan fingerprint density at radius 1 is 1.17 bits per heavy atom. The molecule has 1 aliphatic heterocycles. The molecule has 2 amide bonds. The smallest absolute Gasteiger partial charge is 0.253 e. The minimum Gasteiger partial charge on any atom is -0.378 e. The van der Waals surface area contributed by atoms with E-state index in [2.05, 4.69) is 10.6 Å². The summed E-state index contributed by atoms with van der Waals surface area (Å²) in [4.78, 5) is 26.6. The lowest BCUT2D eigenvalue weighted by Crippen LogP contribution is -2.41. The fourth-order valence-electron chi connectivity index (χ4n) is 2.91. The van der Waals surface area contributed by atoms with E-state index in [9.17, 15) is 14.0 Å². The molecule has 0 spiro atoms. The number of anilines is 2. The van der Waals surface area contributed by atoms with Crippen LogP contribution in [-0.2, 0) is 9.53 Å². The van der Waals surface area contributed by atoms with Crippen LogP contribution in [0.1, 0.15) is 17.3 Å². The molecule has 0 saturated carbocycles. The minimum atomic E-state index is -0.875. The predicted molar refractivity (Wildman–Crippen MR) is 111 cm³/mol. The Morgan fingerprint density at radius 2 is 1.90 bits per heavy atom. The van der Waals surface area contributed by atoms with Gasteiger partial charge in [0.05, 0.1) is 34.5 Å². The molecule has 154 valence electrons. The van der Waals surface area contributed by atoms with Crippen molar-refractivity contribution in [2.45, 2.75) is 13.0 Å². The molecule has 1 aliphatic rings. The van der Waals surface area contributed by atoms with Gasteiger partial charge in [-0.25, -0.2) is 4.39 Å². The molecule has 1 saturated heterocycles. The Hall–Kier alpha value is -2.35. The zero-order valence-electron chi connectivity index (χ0n) is 15.7. The topological polar surface area (TPSA) is 70.7 Å². The van der Waals surface area contributed by atoms with Crippen LogP contribution in [-0.4, -0.2) is 44.2 Å². The van der Waals surface area contributed by atoms with Gasteiger partial charge in [-0.15, -0.1) is 0 Å². The molecule has 0 aliphatic carbocycles. The number of halogens is 3. The maximum Gasteiger partial charge on any atom is 0.253 e. The zero-order chi connectivity index (χ0) is 21.0. The third-order valence-corrected chi connectivity index (χ3v) is 5.32. The zero-order valence-corrected chi connectivity index (χ0v) is 17.2. The maximum atomic E-state index is 14.5. The number of carbonyl (C=O) groups excluding carboxylic acids is 2. The summed E-state index contributed by atoms with van der Waals surface area (Å²) in [6.45, 7) is 3.83. The largest absolute Gasteiger partial charge is 0.378 e. The van der Waals surface area contributed by atoms with Crippen LogP contribution in [0.4, 0.5) is 15.8 Å². The Labute approximate surface area is 177 Å². The summed E-state index contributed by atoms with van der Waals surface area (Å²) < 4.78 is 19.7. The van der Waals surface area contributed by atoms with Crippen molar-refractivity contribution in [1.82, 2.24) is 5.32 Å². The highest BCUT2D eigenvalue weighted by Gasteiger charge is 2.20. The van der Waals surface area contributed by atoms with Crippen molar-refractivity contribution in [3.8, 4) is 0 Å². The summed E-state index contributed by atoms with van der Waals surface area (Å²) in [5, 5.41) is 5.51. The molecule has 1 heterocycles. The van der Waals surface area contributed by atoms with Gasteiger partial charge in [0.15, 0.2) is 0 Å². The molecule has 3 rings (SSSR count). The first-order valence-corrected chi connectivity index (χ1v) is 9.80. The fraction of sp³-hybridized carbons (Fsp3) is 0.300. The number of nitrogens with one attached hydrogen (secondary N) is 2. The van der Waals surface area contributed by atoms with E-state index in [1.54, 1.807) is 24.3 Å². The first-order valence-electron chi connectivity index (χ1n) is 9.05. The standard InChI is InChI=1S/C20H20Cl2FN3O3/c1-12(24-20(28)14-3-2-4-15(21)18(14)22)19(27)25-13-5-6-17(16(23)11-13)26-7-9-29-10-8-26/h2-6,11-12H,7-10H2,1H3,(H,24,28)(H,25,27). The van der Waals surface area contributed by atoms with E-state index in [4.69, 9.17) is 27.9 Å². The van der Waals surface area contributed by atoms with E-state index >= 15 is 0 Å². The van der Waals surface area contributed by atoms with Crippen molar-refractivity contribution in [3.05, 3.63) is 57.8 Å². The summed E-state index contributed by atoms with van der Waals surface area (Å²) in [6, 6.07) is 8.27. The Kier molecular flexibility index (Phi) is 6.95. The summed E-state index contributed by atoms with van der Waals surface area (Å²) in [5.74, 6) is -1.46. The molecule has 1 unspecified atom stereocenters.